The summed E-state index contributed by atoms with van der Waals surface area (Å²) >= 11 is 7.39. The number of halogens is 1. The standard InChI is InChI=1S/C9H8ClNOS/c10-8-3-1-7(2-4-8)9-11-5-12-6-13-9/h1-4H,5-6H2. The average molecular weight is 214 g/mol. The number of benzene rings is 1. The van der Waals surface area contributed by atoms with Crippen molar-refractivity contribution in [3.8, 4) is 0 Å². The summed E-state index contributed by atoms with van der Waals surface area (Å²) in [5.74, 6) is 0.682. The molecular weight excluding hydrogens is 206 g/mol. The van der Waals surface area contributed by atoms with E-state index < -0.39 is 0 Å². The van der Waals surface area contributed by atoms with Crippen LogP contribution in [0, 0.1) is 0 Å². The lowest BCUT2D eigenvalue weighted by Crippen LogP contribution is -2.07. The molecule has 68 valence electrons. The predicted octanol–water partition coefficient (Wildman–Crippen LogP) is 2.77. The van der Waals surface area contributed by atoms with Gasteiger partial charge in [-0.1, -0.05) is 35.5 Å². The van der Waals surface area contributed by atoms with Gasteiger partial charge in [0.1, 0.15) is 17.7 Å². The average Bonchev–Trinajstić information content (AvgIpc) is 2.20. The first-order chi connectivity index (χ1) is 6.36. The monoisotopic (exact) mass is 213 g/mol. The van der Waals surface area contributed by atoms with Gasteiger partial charge in [0.25, 0.3) is 0 Å². The fourth-order valence-corrected chi connectivity index (χ4v) is 1.89. The molecule has 0 unspecified atom stereocenters. The van der Waals surface area contributed by atoms with Crippen LogP contribution in [0.25, 0.3) is 0 Å². The zero-order chi connectivity index (χ0) is 9.10. The second-order valence-corrected chi connectivity index (χ2v) is 3.91. The Labute approximate surface area is 86.0 Å². The van der Waals surface area contributed by atoms with Crippen LogP contribution in [0.15, 0.2) is 29.3 Å². The van der Waals surface area contributed by atoms with E-state index in [-0.39, 0.29) is 0 Å². The highest BCUT2D eigenvalue weighted by molar-refractivity contribution is 8.14. The fourth-order valence-electron chi connectivity index (χ4n) is 1.05. The maximum absolute atomic E-state index is 5.78. The Morgan fingerprint density at radius 2 is 2.08 bits per heavy atom. The third kappa shape index (κ3) is 2.24. The molecule has 1 heterocycles. The number of thioether (sulfide) groups is 1. The molecule has 0 spiro atoms. The van der Waals surface area contributed by atoms with Crippen molar-refractivity contribution in [1.82, 2.24) is 0 Å². The van der Waals surface area contributed by atoms with E-state index in [2.05, 4.69) is 4.99 Å². The zero-order valence-electron chi connectivity index (χ0n) is 6.87. The Hall–Kier alpha value is -0.510. The molecule has 0 aromatic heterocycles. The zero-order valence-corrected chi connectivity index (χ0v) is 8.44. The lowest BCUT2D eigenvalue weighted by molar-refractivity contribution is 0.191. The number of hydrogen-bond donors (Lipinski definition) is 0. The van der Waals surface area contributed by atoms with Crippen LogP contribution in [0.4, 0.5) is 0 Å². The number of aliphatic imine (C=N–C) groups is 1. The van der Waals surface area contributed by atoms with Crippen molar-refractivity contribution in [3.05, 3.63) is 34.9 Å². The third-order valence-electron chi connectivity index (χ3n) is 1.67. The van der Waals surface area contributed by atoms with Gasteiger partial charge >= 0.3 is 0 Å². The number of hydrogen-bond acceptors (Lipinski definition) is 3. The summed E-state index contributed by atoms with van der Waals surface area (Å²) < 4.78 is 5.09. The molecular formula is C9H8ClNOS. The highest BCUT2D eigenvalue weighted by Gasteiger charge is 2.07. The summed E-state index contributed by atoms with van der Waals surface area (Å²) in [4.78, 5) is 4.24. The largest absolute Gasteiger partial charge is 0.348 e. The van der Waals surface area contributed by atoms with Crippen LogP contribution >= 0.6 is 23.4 Å². The topological polar surface area (TPSA) is 21.6 Å². The lowest BCUT2D eigenvalue weighted by Gasteiger charge is -2.11. The molecule has 0 bridgehead atoms. The Balaban J connectivity index is 2.24. The molecule has 0 saturated heterocycles. The highest BCUT2D eigenvalue weighted by Crippen LogP contribution is 2.19. The Morgan fingerprint density at radius 3 is 2.69 bits per heavy atom. The summed E-state index contributed by atoms with van der Waals surface area (Å²) in [7, 11) is 0. The van der Waals surface area contributed by atoms with Crippen molar-refractivity contribution < 1.29 is 4.74 Å². The van der Waals surface area contributed by atoms with E-state index in [1.165, 1.54) is 0 Å². The fraction of sp³-hybridized carbons (Fsp3) is 0.222. The second-order valence-electron chi connectivity index (χ2n) is 2.57. The van der Waals surface area contributed by atoms with Gasteiger partial charge < -0.3 is 4.74 Å². The number of ether oxygens (including phenoxy) is 1. The van der Waals surface area contributed by atoms with Gasteiger partial charge in [-0.3, -0.25) is 0 Å². The minimum Gasteiger partial charge on any atom is -0.348 e. The van der Waals surface area contributed by atoms with Crippen LogP contribution in [0.5, 0.6) is 0 Å². The summed E-state index contributed by atoms with van der Waals surface area (Å²) in [6, 6.07) is 7.68. The van der Waals surface area contributed by atoms with Crippen LogP contribution in [-0.4, -0.2) is 17.7 Å². The van der Waals surface area contributed by atoms with Crippen molar-refractivity contribution in [2.45, 2.75) is 0 Å². The Bertz CT molecular complexity index is 323. The molecule has 0 N–H and O–H groups in total. The molecule has 1 aliphatic rings. The first kappa shape index (κ1) is 9.06. The molecule has 0 amide bonds. The smallest absolute Gasteiger partial charge is 0.139 e. The molecule has 0 atom stereocenters. The molecule has 0 radical (unpaired) electrons. The summed E-state index contributed by atoms with van der Waals surface area (Å²) in [6.07, 6.45) is 0. The summed E-state index contributed by atoms with van der Waals surface area (Å²) in [5.41, 5.74) is 1.11. The van der Waals surface area contributed by atoms with Gasteiger partial charge in [0, 0.05) is 10.6 Å². The summed E-state index contributed by atoms with van der Waals surface area (Å²) in [5, 5.41) is 1.78. The molecule has 1 aliphatic heterocycles. The van der Waals surface area contributed by atoms with E-state index in [1.807, 2.05) is 24.3 Å². The maximum Gasteiger partial charge on any atom is 0.139 e. The molecule has 1 aromatic rings. The van der Waals surface area contributed by atoms with E-state index in [0.29, 0.717) is 12.7 Å². The van der Waals surface area contributed by atoms with Gasteiger partial charge in [-0.2, -0.15) is 0 Å². The molecule has 0 saturated carbocycles. The van der Waals surface area contributed by atoms with Crippen molar-refractivity contribution in [2.24, 2.45) is 4.99 Å². The van der Waals surface area contributed by atoms with E-state index >= 15 is 0 Å². The molecule has 2 rings (SSSR count). The van der Waals surface area contributed by atoms with Gasteiger partial charge in [0.05, 0.1) is 0 Å². The van der Waals surface area contributed by atoms with Crippen molar-refractivity contribution in [2.75, 3.05) is 12.7 Å². The molecule has 2 nitrogen and oxygen atoms in total. The van der Waals surface area contributed by atoms with Crippen LogP contribution in [0.2, 0.25) is 5.02 Å². The minimum absolute atomic E-state index is 0.463. The van der Waals surface area contributed by atoms with Crippen LogP contribution < -0.4 is 0 Å². The van der Waals surface area contributed by atoms with E-state index in [9.17, 15) is 0 Å². The molecule has 13 heavy (non-hydrogen) atoms. The molecule has 0 fully saturated rings. The Morgan fingerprint density at radius 1 is 1.31 bits per heavy atom. The van der Waals surface area contributed by atoms with E-state index in [0.717, 1.165) is 15.6 Å². The van der Waals surface area contributed by atoms with Crippen molar-refractivity contribution >= 4 is 28.4 Å². The van der Waals surface area contributed by atoms with Gasteiger partial charge in [0.15, 0.2) is 0 Å². The van der Waals surface area contributed by atoms with E-state index in [1.54, 1.807) is 11.8 Å². The second kappa shape index (κ2) is 4.13. The van der Waals surface area contributed by atoms with Crippen molar-refractivity contribution in [1.29, 1.82) is 0 Å². The third-order valence-corrected chi connectivity index (χ3v) is 2.84. The van der Waals surface area contributed by atoms with Crippen molar-refractivity contribution in [3.63, 3.8) is 0 Å². The lowest BCUT2D eigenvalue weighted by atomic mass is 10.2. The number of nitrogens with zero attached hydrogens (tertiary/aromatic N) is 1. The summed E-state index contributed by atoms with van der Waals surface area (Å²) in [6.45, 7) is 0.463. The quantitative estimate of drug-likeness (QED) is 0.716. The first-order valence-electron chi connectivity index (χ1n) is 3.87. The maximum atomic E-state index is 5.78. The molecule has 1 aromatic carbocycles. The SMILES string of the molecule is Clc1ccc(C2=NCOCS2)cc1. The van der Waals surface area contributed by atoms with Crippen LogP contribution in [-0.2, 0) is 4.74 Å². The highest BCUT2D eigenvalue weighted by atomic mass is 35.5. The van der Waals surface area contributed by atoms with E-state index in [4.69, 9.17) is 16.3 Å². The van der Waals surface area contributed by atoms with Gasteiger partial charge in [-0.25, -0.2) is 4.99 Å². The predicted molar refractivity (Wildman–Crippen MR) is 56.4 cm³/mol. The van der Waals surface area contributed by atoms with Gasteiger partial charge in [-0.05, 0) is 12.1 Å². The number of rotatable bonds is 1. The first-order valence-corrected chi connectivity index (χ1v) is 5.23. The van der Waals surface area contributed by atoms with Gasteiger partial charge in [0.2, 0.25) is 0 Å². The Kier molecular flexibility index (Phi) is 2.88. The van der Waals surface area contributed by atoms with Crippen LogP contribution in [0.3, 0.4) is 0 Å². The molecule has 4 heteroatoms. The minimum atomic E-state index is 0.463. The molecule has 0 aliphatic carbocycles. The normalized spacial score (nSPS) is 16.8. The van der Waals surface area contributed by atoms with Crippen LogP contribution in [0.1, 0.15) is 5.56 Å². The van der Waals surface area contributed by atoms with Gasteiger partial charge in [-0.15, -0.1) is 0 Å².